The zero-order valence-electron chi connectivity index (χ0n) is 15.0. The van der Waals surface area contributed by atoms with Gasteiger partial charge in [0, 0.05) is 18.7 Å². The maximum atomic E-state index is 13.2. The van der Waals surface area contributed by atoms with Crippen molar-refractivity contribution in [2.45, 2.75) is 58.9 Å². The average molecular weight is 374 g/mol. The molecule has 1 saturated carbocycles. The van der Waals surface area contributed by atoms with Crippen molar-refractivity contribution in [3.05, 3.63) is 17.5 Å². The van der Waals surface area contributed by atoms with Crippen LogP contribution >= 0.6 is 0 Å². The summed E-state index contributed by atoms with van der Waals surface area (Å²) in [5, 5.41) is 3.36. The van der Waals surface area contributed by atoms with Gasteiger partial charge in [0.15, 0.2) is 23.2 Å². The number of halogens is 3. The molecule has 1 unspecified atom stereocenters. The Balaban J connectivity index is 2.45. The van der Waals surface area contributed by atoms with Crippen LogP contribution in [-0.2, 0) is 27.0 Å². The third kappa shape index (κ3) is 4.50. The minimum atomic E-state index is -4.88. The highest BCUT2D eigenvalue weighted by Crippen LogP contribution is 2.36. The summed E-state index contributed by atoms with van der Waals surface area (Å²) in [5.41, 5.74) is -3.18. The molecule has 0 amide bonds. The van der Waals surface area contributed by atoms with Crippen LogP contribution < -0.4 is 0 Å². The van der Waals surface area contributed by atoms with E-state index in [-0.39, 0.29) is 6.54 Å². The number of alkyl halides is 3. The summed E-state index contributed by atoms with van der Waals surface area (Å²) in [6, 6.07) is 0. The molecule has 0 N–H and O–H groups in total. The van der Waals surface area contributed by atoms with Crippen molar-refractivity contribution in [3.63, 3.8) is 0 Å². The van der Waals surface area contributed by atoms with Crippen molar-refractivity contribution in [2.75, 3.05) is 0 Å². The van der Waals surface area contributed by atoms with Gasteiger partial charge in [-0.3, -0.25) is 19.1 Å². The first kappa shape index (κ1) is 20.1. The van der Waals surface area contributed by atoms with Crippen LogP contribution in [0.1, 0.15) is 56.6 Å². The molecule has 6 nitrogen and oxygen atoms in total. The van der Waals surface area contributed by atoms with Crippen LogP contribution in [0.2, 0.25) is 0 Å². The number of hydrogen-bond donors (Lipinski definition) is 0. The second kappa shape index (κ2) is 6.85. The van der Waals surface area contributed by atoms with Gasteiger partial charge < -0.3 is 4.74 Å². The van der Waals surface area contributed by atoms with Crippen LogP contribution in [0.15, 0.2) is 6.20 Å². The third-order valence-electron chi connectivity index (χ3n) is 3.79. The van der Waals surface area contributed by atoms with Crippen LogP contribution in [0.5, 0.6) is 0 Å². The lowest BCUT2D eigenvalue weighted by molar-refractivity contribution is -0.160. The fourth-order valence-corrected chi connectivity index (χ4v) is 2.45. The Bertz CT molecular complexity index is 727. The molecular weight excluding hydrogens is 353 g/mol. The number of ketones is 2. The monoisotopic (exact) mass is 374 g/mol. The van der Waals surface area contributed by atoms with Crippen LogP contribution in [-0.4, -0.2) is 32.9 Å². The van der Waals surface area contributed by atoms with Crippen molar-refractivity contribution < 1.29 is 32.3 Å². The maximum absolute atomic E-state index is 13.2. The van der Waals surface area contributed by atoms with E-state index < -0.39 is 52.4 Å². The molecule has 1 atom stereocenters. The van der Waals surface area contributed by atoms with Crippen molar-refractivity contribution in [1.82, 2.24) is 9.78 Å². The number of carbonyl (C=O) groups is 3. The Kier molecular flexibility index (Phi) is 5.30. The molecule has 26 heavy (non-hydrogen) atoms. The Hall–Kier alpha value is -2.19. The van der Waals surface area contributed by atoms with E-state index in [4.69, 9.17) is 4.74 Å². The summed E-state index contributed by atoms with van der Waals surface area (Å²) < 4.78 is 45.8. The molecule has 0 spiro atoms. The largest absolute Gasteiger partial charge is 0.459 e. The van der Waals surface area contributed by atoms with Gasteiger partial charge in [0.05, 0.1) is 5.56 Å². The Morgan fingerprint density at radius 1 is 1.27 bits per heavy atom. The number of rotatable bonds is 6. The Morgan fingerprint density at radius 3 is 2.27 bits per heavy atom. The van der Waals surface area contributed by atoms with Crippen molar-refractivity contribution in [1.29, 1.82) is 0 Å². The van der Waals surface area contributed by atoms with E-state index in [1.807, 2.05) is 0 Å². The molecule has 144 valence electrons. The lowest BCUT2D eigenvalue weighted by atomic mass is 9.91. The van der Waals surface area contributed by atoms with Gasteiger partial charge in [-0.05, 0) is 40.5 Å². The van der Waals surface area contributed by atoms with Crippen LogP contribution in [0.25, 0.3) is 0 Å². The molecule has 1 aliphatic carbocycles. The fourth-order valence-electron chi connectivity index (χ4n) is 2.45. The molecule has 0 aliphatic heterocycles. The first-order chi connectivity index (χ1) is 11.8. The number of aryl methyl sites for hydroxylation is 1. The second-order valence-electron chi connectivity index (χ2n) is 7.25. The standard InChI is InChI=1S/C17H21F3N2O4/c1-5-22-8-10(14(21-22)17(18,19)20)13(24)11(12(23)9-6-7-9)15(25)26-16(2,3)4/h8-9,11H,5-7H2,1-4H3. The van der Waals surface area contributed by atoms with E-state index >= 15 is 0 Å². The van der Waals surface area contributed by atoms with E-state index in [0.717, 1.165) is 10.9 Å². The quantitative estimate of drug-likeness (QED) is 0.434. The predicted molar refractivity (Wildman–Crippen MR) is 84.3 cm³/mol. The van der Waals surface area contributed by atoms with Crippen LogP contribution in [0.4, 0.5) is 13.2 Å². The van der Waals surface area contributed by atoms with Crippen molar-refractivity contribution >= 4 is 17.5 Å². The lowest BCUT2D eigenvalue weighted by Gasteiger charge is -2.23. The summed E-state index contributed by atoms with van der Waals surface area (Å²) in [7, 11) is 0. The second-order valence-corrected chi connectivity index (χ2v) is 7.25. The van der Waals surface area contributed by atoms with Gasteiger partial charge in [0.25, 0.3) is 0 Å². The van der Waals surface area contributed by atoms with Gasteiger partial charge in [-0.25, -0.2) is 0 Å². The molecule has 1 aromatic heterocycles. The Labute approximate surface area is 148 Å². The molecule has 2 rings (SSSR count). The molecule has 0 aromatic carbocycles. The molecule has 1 heterocycles. The van der Waals surface area contributed by atoms with Gasteiger partial charge in [-0.1, -0.05) is 0 Å². The smallest absolute Gasteiger partial charge is 0.435 e. The Morgan fingerprint density at radius 2 is 1.85 bits per heavy atom. The summed E-state index contributed by atoms with van der Waals surface area (Å²) in [6.45, 7) is 6.30. The number of carbonyl (C=O) groups excluding carboxylic acids is 3. The van der Waals surface area contributed by atoms with E-state index in [0.29, 0.717) is 12.8 Å². The number of aromatic nitrogens is 2. The number of Topliss-reactive ketones (excluding diaryl/α,β-unsaturated/α-hetero) is 2. The molecule has 0 radical (unpaired) electrons. The minimum absolute atomic E-state index is 0.101. The van der Waals surface area contributed by atoms with E-state index in [1.165, 1.54) is 0 Å². The minimum Gasteiger partial charge on any atom is -0.459 e. The highest BCUT2D eigenvalue weighted by atomic mass is 19.4. The summed E-state index contributed by atoms with van der Waals surface area (Å²) in [4.78, 5) is 37.6. The zero-order valence-corrected chi connectivity index (χ0v) is 15.0. The highest BCUT2D eigenvalue weighted by Gasteiger charge is 2.48. The van der Waals surface area contributed by atoms with Gasteiger partial charge in [-0.2, -0.15) is 18.3 Å². The molecule has 0 bridgehead atoms. The van der Waals surface area contributed by atoms with E-state index in [9.17, 15) is 27.6 Å². The predicted octanol–water partition coefficient (Wildman–Crippen LogP) is 3.04. The zero-order chi connectivity index (χ0) is 19.9. The first-order valence-electron chi connectivity index (χ1n) is 8.30. The fraction of sp³-hybridized carbons (Fsp3) is 0.647. The molecule has 9 heteroatoms. The molecule has 1 fully saturated rings. The normalized spacial score (nSPS) is 16.3. The van der Waals surface area contributed by atoms with E-state index in [1.54, 1.807) is 27.7 Å². The molecular formula is C17H21F3N2O4. The number of esters is 1. The molecule has 1 aromatic rings. The lowest BCUT2D eigenvalue weighted by Crippen LogP contribution is -2.38. The molecule has 1 aliphatic rings. The van der Waals surface area contributed by atoms with Gasteiger partial charge in [0.2, 0.25) is 0 Å². The summed E-state index contributed by atoms with van der Waals surface area (Å²) >= 11 is 0. The van der Waals surface area contributed by atoms with Crippen LogP contribution in [0.3, 0.4) is 0 Å². The van der Waals surface area contributed by atoms with Gasteiger partial charge >= 0.3 is 12.1 Å². The summed E-state index contributed by atoms with van der Waals surface area (Å²) in [6.07, 6.45) is -2.95. The van der Waals surface area contributed by atoms with Gasteiger partial charge in [-0.15, -0.1) is 0 Å². The topological polar surface area (TPSA) is 78.3 Å². The maximum Gasteiger partial charge on any atom is 0.435 e. The van der Waals surface area contributed by atoms with Crippen molar-refractivity contribution in [2.24, 2.45) is 11.8 Å². The number of ether oxygens (including phenoxy) is 1. The number of hydrogen-bond acceptors (Lipinski definition) is 5. The SMILES string of the molecule is CCn1cc(C(=O)C(C(=O)OC(C)(C)C)C(=O)C2CC2)c(C(F)(F)F)n1. The highest BCUT2D eigenvalue weighted by molar-refractivity contribution is 6.23. The van der Waals surface area contributed by atoms with Gasteiger partial charge in [0.1, 0.15) is 5.60 Å². The molecule has 0 saturated heterocycles. The van der Waals surface area contributed by atoms with E-state index in [2.05, 4.69) is 5.10 Å². The van der Waals surface area contributed by atoms with Crippen LogP contribution in [0, 0.1) is 11.8 Å². The van der Waals surface area contributed by atoms with Crippen molar-refractivity contribution in [3.8, 4) is 0 Å². The number of nitrogens with zero attached hydrogens (tertiary/aromatic N) is 2. The average Bonchev–Trinajstić information content (AvgIpc) is 3.22. The first-order valence-corrected chi connectivity index (χ1v) is 8.30. The summed E-state index contributed by atoms with van der Waals surface area (Å²) in [5.74, 6) is -5.44. The third-order valence-corrected chi connectivity index (χ3v) is 3.79.